The standard InChI is InChI=1S/C16H16Cl2O4S2/c1-11(22-24(19,20)23-2)13-5-3-4-6-16(13)21-10-12-7-8-14(17)15(18)9-12/h3-9,11H,10H2,1-2H3/t11-/m1/s1. The van der Waals surface area contributed by atoms with Gasteiger partial charge in [-0.15, -0.1) is 0 Å². The molecule has 0 saturated carbocycles. The highest BCUT2D eigenvalue weighted by Crippen LogP contribution is 2.31. The summed E-state index contributed by atoms with van der Waals surface area (Å²) in [6.45, 7) is 1.94. The smallest absolute Gasteiger partial charge is 0.322 e. The van der Waals surface area contributed by atoms with E-state index in [2.05, 4.69) is 0 Å². The first-order valence-corrected chi connectivity index (χ1v) is 10.9. The molecule has 8 heteroatoms. The molecule has 0 N–H and O–H groups in total. The van der Waals surface area contributed by atoms with Crippen molar-refractivity contribution in [1.82, 2.24) is 0 Å². The minimum atomic E-state index is -3.63. The van der Waals surface area contributed by atoms with Gasteiger partial charge in [0.15, 0.2) is 0 Å². The van der Waals surface area contributed by atoms with Gasteiger partial charge in [0.05, 0.1) is 10.0 Å². The van der Waals surface area contributed by atoms with Gasteiger partial charge in [-0.05, 0) is 47.7 Å². The summed E-state index contributed by atoms with van der Waals surface area (Å²) in [5.74, 6) is 0.548. The molecule has 0 aliphatic rings. The fraction of sp³-hybridized carbons (Fsp3) is 0.250. The van der Waals surface area contributed by atoms with Crippen molar-refractivity contribution in [3.63, 3.8) is 0 Å². The van der Waals surface area contributed by atoms with E-state index in [1.165, 1.54) is 6.26 Å². The van der Waals surface area contributed by atoms with Crippen LogP contribution in [0.25, 0.3) is 0 Å². The predicted octanol–water partition coefficient (Wildman–Crippen LogP) is 5.26. The molecule has 130 valence electrons. The molecule has 0 spiro atoms. The number of halogens is 2. The van der Waals surface area contributed by atoms with Gasteiger partial charge < -0.3 is 4.74 Å². The van der Waals surface area contributed by atoms with E-state index in [1.807, 2.05) is 12.1 Å². The zero-order valence-electron chi connectivity index (χ0n) is 13.0. The van der Waals surface area contributed by atoms with Crippen LogP contribution in [-0.4, -0.2) is 14.7 Å². The van der Waals surface area contributed by atoms with Gasteiger partial charge in [-0.1, -0.05) is 47.5 Å². The van der Waals surface area contributed by atoms with Crippen LogP contribution in [0.4, 0.5) is 0 Å². The zero-order chi connectivity index (χ0) is 17.7. The molecule has 0 aliphatic heterocycles. The molecule has 0 heterocycles. The highest BCUT2D eigenvalue weighted by atomic mass is 35.5. The first-order chi connectivity index (χ1) is 11.3. The highest BCUT2D eigenvalue weighted by Gasteiger charge is 2.19. The Balaban J connectivity index is 2.15. The Kier molecular flexibility index (Phi) is 6.83. The first kappa shape index (κ1) is 19.4. The van der Waals surface area contributed by atoms with Crippen molar-refractivity contribution in [1.29, 1.82) is 0 Å². The van der Waals surface area contributed by atoms with Crippen LogP contribution in [0.15, 0.2) is 42.5 Å². The third kappa shape index (κ3) is 5.29. The van der Waals surface area contributed by atoms with Crippen molar-refractivity contribution in [2.24, 2.45) is 0 Å². The van der Waals surface area contributed by atoms with Gasteiger partial charge in [0, 0.05) is 5.56 Å². The molecule has 2 aromatic carbocycles. The number of hydrogen-bond acceptors (Lipinski definition) is 5. The summed E-state index contributed by atoms with van der Waals surface area (Å²) >= 11 is 11.9. The van der Waals surface area contributed by atoms with Crippen molar-refractivity contribution in [3.05, 3.63) is 63.6 Å². The Morgan fingerprint density at radius 1 is 1.12 bits per heavy atom. The quantitative estimate of drug-likeness (QED) is 0.587. The Morgan fingerprint density at radius 2 is 1.83 bits per heavy atom. The number of para-hydroxylation sites is 1. The number of rotatable bonds is 7. The number of ether oxygens (including phenoxy) is 1. The minimum Gasteiger partial charge on any atom is -0.489 e. The van der Waals surface area contributed by atoms with Crippen LogP contribution in [0, 0.1) is 0 Å². The maximum absolute atomic E-state index is 11.6. The van der Waals surface area contributed by atoms with Gasteiger partial charge in [0.25, 0.3) is 0 Å². The van der Waals surface area contributed by atoms with Gasteiger partial charge in [-0.2, -0.15) is 8.42 Å². The fourth-order valence-corrected chi connectivity index (χ4v) is 3.45. The van der Waals surface area contributed by atoms with Crippen LogP contribution in [0.1, 0.15) is 24.2 Å². The molecule has 0 fully saturated rings. The lowest BCUT2D eigenvalue weighted by Crippen LogP contribution is -2.08. The van der Waals surface area contributed by atoms with Crippen molar-refractivity contribution < 1.29 is 17.3 Å². The third-order valence-electron chi connectivity index (χ3n) is 3.20. The molecule has 4 nitrogen and oxygen atoms in total. The Hall–Kier alpha value is -0.920. The summed E-state index contributed by atoms with van der Waals surface area (Å²) in [6, 6.07) is 12.4. The minimum absolute atomic E-state index is 0.274. The Bertz CT molecular complexity index is 809. The van der Waals surface area contributed by atoms with Gasteiger partial charge >= 0.3 is 9.15 Å². The largest absolute Gasteiger partial charge is 0.489 e. The molecule has 2 rings (SSSR count). The molecular formula is C16H16Cl2O4S2. The van der Waals surface area contributed by atoms with Crippen LogP contribution in [-0.2, 0) is 19.9 Å². The fourth-order valence-electron chi connectivity index (χ4n) is 2.01. The van der Waals surface area contributed by atoms with Crippen LogP contribution in [0.2, 0.25) is 10.0 Å². The monoisotopic (exact) mass is 406 g/mol. The molecular weight excluding hydrogens is 391 g/mol. The lowest BCUT2D eigenvalue weighted by Gasteiger charge is -2.17. The average Bonchev–Trinajstić information content (AvgIpc) is 2.56. The second-order valence-electron chi connectivity index (χ2n) is 4.89. The van der Waals surface area contributed by atoms with Crippen molar-refractivity contribution >= 4 is 43.1 Å². The maximum atomic E-state index is 11.6. The van der Waals surface area contributed by atoms with E-state index < -0.39 is 15.3 Å². The summed E-state index contributed by atoms with van der Waals surface area (Å²) < 4.78 is 34.2. The van der Waals surface area contributed by atoms with Crippen LogP contribution in [0.5, 0.6) is 5.75 Å². The SMILES string of the molecule is CSS(=O)(=O)O[C@H](C)c1ccccc1OCc1ccc(Cl)c(Cl)c1. The Labute approximate surface area is 155 Å². The predicted molar refractivity (Wildman–Crippen MR) is 99.2 cm³/mol. The van der Waals surface area contributed by atoms with Crippen molar-refractivity contribution in [3.8, 4) is 5.75 Å². The molecule has 1 atom stereocenters. The molecule has 0 aliphatic carbocycles. The maximum Gasteiger partial charge on any atom is 0.322 e. The lowest BCUT2D eigenvalue weighted by atomic mass is 10.1. The summed E-state index contributed by atoms with van der Waals surface area (Å²) in [6.07, 6.45) is 0.793. The summed E-state index contributed by atoms with van der Waals surface area (Å²) in [7, 11) is -2.98. The number of hydrogen-bond donors (Lipinski definition) is 0. The molecule has 0 bridgehead atoms. The molecule has 0 amide bonds. The van der Waals surface area contributed by atoms with E-state index in [0.29, 0.717) is 32.2 Å². The second kappa shape index (κ2) is 8.45. The molecule has 2 aromatic rings. The lowest BCUT2D eigenvalue weighted by molar-refractivity contribution is 0.228. The first-order valence-electron chi connectivity index (χ1n) is 6.97. The van der Waals surface area contributed by atoms with E-state index in [0.717, 1.165) is 5.56 Å². The van der Waals surface area contributed by atoms with Crippen molar-refractivity contribution in [2.45, 2.75) is 19.6 Å². The highest BCUT2D eigenvalue weighted by molar-refractivity contribution is 8.70. The molecule has 0 aromatic heterocycles. The van der Waals surface area contributed by atoms with Crippen LogP contribution in [0.3, 0.4) is 0 Å². The van der Waals surface area contributed by atoms with Crippen molar-refractivity contribution in [2.75, 3.05) is 6.26 Å². The van der Waals surface area contributed by atoms with E-state index in [4.69, 9.17) is 32.1 Å². The average molecular weight is 407 g/mol. The summed E-state index contributed by atoms with van der Waals surface area (Å²) in [5.41, 5.74) is 1.50. The normalized spacial score (nSPS) is 12.8. The van der Waals surface area contributed by atoms with E-state index in [9.17, 15) is 8.42 Å². The molecule has 24 heavy (non-hydrogen) atoms. The third-order valence-corrected chi connectivity index (χ3v) is 6.33. The zero-order valence-corrected chi connectivity index (χ0v) is 16.2. The van der Waals surface area contributed by atoms with Gasteiger partial charge in [0.1, 0.15) is 18.5 Å². The van der Waals surface area contributed by atoms with E-state index >= 15 is 0 Å². The summed E-state index contributed by atoms with van der Waals surface area (Å²) in [4.78, 5) is 0. The number of benzene rings is 2. The van der Waals surface area contributed by atoms with E-state index in [-0.39, 0.29) is 6.61 Å². The Morgan fingerprint density at radius 3 is 2.50 bits per heavy atom. The van der Waals surface area contributed by atoms with E-state index in [1.54, 1.807) is 37.3 Å². The molecule has 0 radical (unpaired) electrons. The van der Waals surface area contributed by atoms with Gasteiger partial charge in [-0.3, -0.25) is 4.18 Å². The van der Waals surface area contributed by atoms with Gasteiger partial charge in [0.2, 0.25) is 0 Å². The second-order valence-corrected chi connectivity index (χ2v) is 9.27. The topological polar surface area (TPSA) is 52.6 Å². The summed E-state index contributed by atoms with van der Waals surface area (Å²) in [5, 5.41) is 0.930. The molecule has 0 unspecified atom stereocenters. The van der Waals surface area contributed by atoms with Crippen LogP contribution < -0.4 is 4.74 Å². The molecule has 0 saturated heterocycles. The van der Waals surface area contributed by atoms with Crippen LogP contribution >= 0.6 is 34.0 Å². The van der Waals surface area contributed by atoms with Gasteiger partial charge in [-0.25, -0.2) is 0 Å².